The highest BCUT2D eigenvalue weighted by Gasteiger charge is 2.39. The smallest absolute Gasteiger partial charge is 0.418 e. The molecular formula is C21H18F4IN3O5. The number of halogens is 5. The van der Waals surface area contributed by atoms with Crippen LogP contribution in [-0.4, -0.2) is 47.6 Å². The number of carbonyl (C=O) groups is 3. The van der Waals surface area contributed by atoms with Gasteiger partial charge in [-0.25, -0.2) is 9.18 Å². The molecule has 0 aliphatic carbocycles. The van der Waals surface area contributed by atoms with Gasteiger partial charge < -0.3 is 20.5 Å². The van der Waals surface area contributed by atoms with Crippen molar-refractivity contribution in [2.24, 2.45) is 0 Å². The second kappa shape index (κ2) is 10.0. The maximum Gasteiger partial charge on any atom is 0.418 e. The van der Waals surface area contributed by atoms with Crippen molar-refractivity contribution in [1.82, 2.24) is 4.90 Å². The normalized spacial score (nSPS) is 15.7. The van der Waals surface area contributed by atoms with Gasteiger partial charge in [-0.15, -0.1) is 0 Å². The fourth-order valence-corrected chi connectivity index (χ4v) is 4.18. The van der Waals surface area contributed by atoms with E-state index in [4.69, 9.17) is 4.74 Å². The Morgan fingerprint density at radius 2 is 1.88 bits per heavy atom. The van der Waals surface area contributed by atoms with Crippen molar-refractivity contribution in [3.05, 3.63) is 50.8 Å². The van der Waals surface area contributed by atoms with Crippen LogP contribution in [0.15, 0.2) is 30.3 Å². The number of carbonyl (C=O) groups excluding carboxylic acids is 2. The summed E-state index contributed by atoms with van der Waals surface area (Å²) in [5, 5.41) is 13.7. The molecule has 3 rings (SSSR count). The van der Waals surface area contributed by atoms with Gasteiger partial charge in [-0.05, 0) is 59.7 Å². The van der Waals surface area contributed by atoms with Crippen LogP contribution in [0.3, 0.4) is 0 Å². The number of likely N-dealkylation sites (tertiary alicyclic amines) is 1. The number of anilines is 2. The highest BCUT2D eigenvalue weighted by atomic mass is 127. The van der Waals surface area contributed by atoms with E-state index < -0.39 is 52.8 Å². The van der Waals surface area contributed by atoms with Crippen molar-refractivity contribution in [2.45, 2.75) is 25.1 Å². The third-order valence-electron chi connectivity index (χ3n) is 5.11. The number of hydrogen-bond acceptors (Lipinski definition) is 4. The highest BCUT2D eigenvalue weighted by molar-refractivity contribution is 14.1. The Morgan fingerprint density at radius 1 is 1.18 bits per heavy atom. The topological polar surface area (TPSA) is 108 Å². The Kier molecular flexibility index (Phi) is 7.53. The van der Waals surface area contributed by atoms with E-state index in [0.29, 0.717) is 6.42 Å². The lowest BCUT2D eigenvalue weighted by Gasteiger charge is -2.23. The quantitative estimate of drug-likeness (QED) is 0.341. The largest absolute Gasteiger partial charge is 0.494 e. The Morgan fingerprint density at radius 3 is 2.47 bits per heavy atom. The maximum atomic E-state index is 14.0. The van der Waals surface area contributed by atoms with Gasteiger partial charge in [0.1, 0.15) is 6.04 Å². The number of methoxy groups -OCH3 is 1. The van der Waals surface area contributed by atoms with E-state index in [1.54, 1.807) is 22.6 Å². The van der Waals surface area contributed by atoms with Crippen LogP contribution in [0.2, 0.25) is 0 Å². The summed E-state index contributed by atoms with van der Waals surface area (Å²) in [7, 11) is 1.24. The van der Waals surface area contributed by atoms with Gasteiger partial charge in [0.2, 0.25) is 5.91 Å². The average molecular weight is 595 g/mol. The molecule has 34 heavy (non-hydrogen) atoms. The van der Waals surface area contributed by atoms with E-state index >= 15 is 0 Å². The molecule has 2 aromatic rings. The van der Waals surface area contributed by atoms with Gasteiger partial charge in [0, 0.05) is 21.9 Å². The molecule has 1 fully saturated rings. The summed E-state index contributed by atoms with van der Waals surface area (Å²) < 4.78 is 60.3. The van der Waals surface area contributed by atoms with Gasteiger partial charge >= 0.3 is 12.3 Å². The second-order valence-corrected chi connectivity index (χ2v) is 8.55. The molecule has 0 unspecified atom stereocenters. The monoisotopic (exact) mass is 595 g/mol. The molecule has 8 nitrogen and oxygen atoms in total. The summed E-state index contributed by atoms with van der Waals surface area (Å²) in [4.78, 5) is 37.9. The molecule has 3 N–H and O–H groups in total. The number of benzene rings is 2. The number of nitrogens with zero attached hydrogens (tertiary/aromatic N) is 1. The zero-order valence-electron chi connectivity index (χ0n) is 17.5. The predicted molar refractivity (Wildman–Crippen MR) is 121 cm³/mol. The van der Waals surface area contributed by atoms with Gasteiger partial charge in [-0.1, -0.05) is 0 Å². The molecule has 0 aromatic heterocycles. The molecular weight excluding hydrogens is 577 g/mol. The number of hydrogen-bond donors (Lipinski definition) is 3. The summed E-state index contributed by atoms with van der Waals surface area (Å²) in [6.45, 7) is 0.0581. The fourth-order valence-electron chi connectivity index (χ4n) is 3.56. The Balaban J connectivity index is 2.00. The standard InChI is InChI=1S/C21H18F4IN3O5/c1-34-16-5-4-11(9-14(16)22)27-18(30)12-7-10(26)8-13(21(23,24)25)17(12)28-19(31)15-3-2-6-29(15)20(32)33/h4-5,7-9,15H,2-3,6H2,1H3,(H,27,30)(H,28,31)(H,32,33)/t15-/m0/s1. The predicted octanol–water partition coefficient (Wildman–Crippen LogP) is 4.79. The first kappa shape index (κ1) is 25.5. The summed E-state index contributed by atoms with van der Waals surface area (Å²) in [6, 6.07) is 4.12. The maximum absolute atomic E-state index is 14.0. The lowest BCUT2D eigenvalue weighted by atomic mass is 10.0. The third kappa shape index (κ3) is 5.51. The minimum Gasteiger partial charge on any atom is -0.494 e. The van der Waals surface area contributed by atoms with Gasteiger partial charge in [0.15, 0.2) is 11.6 Å². The number of carboxylic acid groups (broad SMARTS) is 1. The van der Waals surface area contributed by atoms with Crippen LogP contribution in [0.25, 0.3) is 0 Å². The number of alkyl halides is 3. The molecule has 1 heterocycles. The Labute approximate surface area is 204 Å². The van der Waals surface area contributed by atoms with E-state index in [0.717, 1.165) is 23.1 Å². The van der Waals surface area contributed by atoms with Crippen molar-refractivity contribution in [2.75, 3.05) is 24.3 Å². The van der Waals surface area contributed by atoms with Crippen molar-refractivity contribution < 1.29 is 41.8 Å². The molecule has 1 aliphatic heterocycles. The summed E-state index contributed by atoms with van der Waals surface area (Å²) >= 11 is 1.60. The molecule has 1 aliphatic rings. The molecule has 13 heteroatoms. The molecule has 0 radical (unpaired) electrons. The first-order chi connectivity index (χ1) is 15.9. The van der Waals surface area contributed by atoms with Crippen molar-refractivity contribution in [1.29, 1.82) is 0 Å². The molecule has 2 aromatic carbocycles. The Bertz CT molecular complexity index is 1140. The van der Waals surface area contributed by atoms with Crippen LogP contribution in [-0.2, 0) is 11.0 Å². The highest BCUT2D eigenvalue weighted by Crippen LogP contribution is 2.39. The first-order valence-corrected chi connectivity index (χ1v) is 10.9. The minimum atomic E-state index is -4.94. The van der Waals surface area contributed by atoms with Gasteiger partial charge in [0.25, 0.3) is 5.91 Å². The van der Waals surface area contributed by atoms with Crippen molar-refractivity contribution >= 4 is 51.9 Å². The van der Waals surface area contributed by atoms with Crippen LogP contribution in [0.5, 0.6) is 5.75 Å². The van der Waals surface area contributed by atoms with Crippen LogP contribution < -0.4 is 15.4 Å². The number of amides is 3. The molecule has 0 bridgehead atoms. The van der Waals surface area contributed by atoms with Gasteiger partial charge in [-0.2, -0.15) is 13.2 Å². The number of ether oxygens (including phenoxy) is 1. The zero-order chi connectivity index (χ0) is 25.2. The zero-order valence-corrected chi connectivity index (χ0v) is 19.7. The second-order valence-electron chi connectivity index (χ2n) is 7.30. The minimum absolute atomic E-state index is 0.0548. The molecule has 3 amide bonds. The number of nitrogens with one attached hydrogen (secondary N) is 2. The van der Waals surface area contributed by atoms with Crippen LogP contribution in [0.1, 0.15) is 28.8 Å². The van der Waals surface area contributed by atoms with E-state index in [9.17, 15) is 37.1 Å². The third-order valence-corrected chi connectivity index (χ3v) is 5.73. The van der Waals surface area contributed by atoms with E-state index in [-0.39, 0.29) is 28.0 Å². The summed E-state index contributed by atoms with van der Waals surface area (Å²) in [6.07, 6.45) is -5.83. The lowest BCUT2D eigenvalue weighted by molar-refractivity contribution is -0.137. The molecule has 182 valence electrons. The Hall–Kier alpha value is -3.10. The molecule has 1 saturated heterocycles. The number of rotatable bonds is 5. The van der Waals surface area contributed by atoms with Crippen LogP contribution in [0, 0.1) is 9.39 Å². The molecule has 0 spiro atoms. The summed E-state index contributed by atoms with van der Waals surface area (Å²) in [5.74, 6) is -2.93. The first-order valence-electron chi connectivity index (χ1n) is 9.78. The summed E-state index contributed by atoms with van der Waals surface area (Å²) in [5.41, 5.74) is -2.68. The molecule has 0 saturated carbocycles. The SMILES string of the molecule is COc1ccc(NC(=O)c2cc(I)cc(C(F)(F)F)c2NC(=O)[C@@H]2CCCN2C(=O)O)cc1F. The van der Waals surface area contributed by atoms with Crippen molar-refractivity contribution in [3.8, 4) is 5.75 Å². The lowest BCUT2D eigenvalue weighted by Crippen LogP contribution is -2.43. The molecule has 1 atom stereocenters. The van der Waals surface area contributed by atoms with E-state index in [1.807, 2.05) is 0 Å². The average Bonchev–Trinajstić information content (AvgIpc) is 3.24. The van der Waals surface area contributed by atoms with E-state index in [1.165, 1.54) is 19.2 Å². The van der Waals surface area contributed by atoms with Crippen LogP contribution >= 0.6 is 22.6 Å². The van der Waals surface area contributed by atoms with Crippen LogP contribution in [0.4, 0.5) is 33.7 Å². The van der Waals surface area contributed by atoms with Gasteiger partial charge in [0.05, 0.1) is 23.9 Å². The fraction of sp³-hybridized carbons (Fsp3) is 0.286. The van der Waals surface area contributed by atoms with Gasteiger partial charge in [-0.3, -0.25) is 14.5 Å². The van der Waals surface area contributed by atoms with Crippen molar-refractivity contribution in [3.63, 3.8) is 0 Å². The van der Waals surface area contributed by atoms with E-state index in [2.05, 4.69) is 10.6 Å².